The van der Waals surface area contributed by atoms with Crippen LogP contribution in [0.15, 0.2) is 11.6 Å². The maximum atomic E-state index is 10.5. The van der Waals surface area contributed by atoms with Crippen LogP contribution in [0.25, 0.3) is 0 Å². The largest absolute Gasteiger partial charge is 0.390 e. The molecule has 3 nitrogen and oxygen atoms in total. The lowest BCUT2D eigenvalue weighted by atomic mass is 9.79. The third-order valence-corrected chi connectivity index (χ3v) is 4.67. The quantitative estimate of drug-likeness (QED) is 0.557. The Kier molecular flexibility index (Phi) is 3.86. The number of allylic oxidation sites excluding steroid dienone is 1. The van der Waals surface area contributed by atoms with Crippen molar-refractivity contribution < 1.29 is 14.9 Å². The van der Waals surface area contributed by atoms with Crippen LogP contribution in [0.3, 0.4) is 0 Å². The molecule has 2 rings (SSSR count). The van der Waals surface area contributed by atoms with Gasteiger partial charge in [-0.1, -0.05) is 19.9 Å². The minimum Gasteiger partial charge on any atom is -0.390 e. The van der Waals surface area contributed by atoms with Crippen molar-refractivity contribution in [1.82, 2.24) is 0 Å². The highest BCUT2D eigenvalue weighted by atomic mass is 16.6. The summed E-state index contributed by atoms with van der Waals surface area (Å²) in [5.41, 5.74) is 0.863. The SMILES string of the molecule is C/C1=C/CC[C@]2(C)O[C@H]2[C@H](O)[C@H](C(C)C)C[C@@H]1O. The summed E-state index contributed by atoms with van der Waals surface area (Å²) in [6, 6.07) is 0. The van der Waals surface area contributed by atoms with Gasteiger partial charge in [0.25, 0.3) is 0 Å². The number of rotatable bonds is 1. The number of fused-ring (bicyclic) bond motifs is 1. The summed E-state index contributed by atoms with van der Waals surface area (Å²) < 4.78 is 5.74. The molecule has 0 aromatic carbocycles. The molecule has 1 saturated heterocycles. The van der Waals surface area contributed by atoms with Crippen LogP contribution in [0.5, 0.6) is 0 Å². The average molecular weight is 254 g/mol. The van der Waals surface area contributed by atoms with E-state index in [0.29, 0.717) is 12.3 Å². The first-order chi connectivity index (χ1) is 8.35. The second kappa shape index (κ2) is 4.95. The van der Waals surface area contributed by atoms with E-state index in [1.807, 2.05) is 6.92 Å². The summed E-state index contributed by atoms with van der Waals surface area (Å²) in [5, 5.41) is 20.7. The normalized spacial score (nSPS) is 48.3. The molecule has 0 bridgehead atoms. The van der Waals surface area contributed by atoms with Crippen LogP contribution in [0.1, 0.15) is 47.0 Å². The molecule has 5 atom stereocenters. The Morgan fingerprint density at radius 3 is 2.67 bits per heavy atom. The molecule has 2 aliphatic rings. The first-order valence-electron chi connectivity index (χ1n) is 7.06. The van der Waals surface area contributed by atoms with Gasteiger partial charge in [0, 0.05) is 0 Å². The Bertz CT molecular complexity index is 337. The third-order valence-electron chi connectivity index (χ3n) is 4.67. The van der Waals surface area contributed by atoms with Crippen molar-refractivity contribution in [3.8, 4) is 0 Å². The molecule has 2 N–H and O–H groups in total. The van der Waals surface area contributed by atoms with E-state index < -0.39 is 12.2 Å². The first kappa shape index (κ1) is 14.0. The fourth-order valence-corrected chi connectivity index (χ4v) is 3.08. The molecule has 104 valence electrons. The summed E-state index contributed by atoms with van der Waals surface area (Å²) in [7, 11) is 0. The van der Waals surface area contributed by atoms with Gasteiger partial charge in [-0.3, -0.25) is 0 Å². The van der Waals surface area contributed by atoms with Crippen molar-refractivity contribution in [3.05, 3.63) is 11.6 Å². The Hall–Kier alpha value is -0.380. The molecular weight excluding hydrogens is 228 g/mol. The maximum absolute atomic E-state index is 10.5. The topological polar surface area (TPSA) is 53.0 Å². The van der Waals surface area contributed by atoms with E-state index in [-0.39, 0.29) is 17.6 Å². The highest BCUT2D eigenvalue weighted by Crippen LogP contribution is 2.46. The number of aliphatic hydroxyl groups excluding tert-OH is 2. The minimum atomic E-state index is -0.462. The van der Waals surface area contributed by atoms with Gasteiger partial charge in [0.05, 0.1) is 17.8 Å². The van der Waals surface area contributed by atoms with Gasteiger partial charge >= 0.3 is 0 Å². The van der Waals surface area contributed by atoms with Crippen LogP contribution in [0.2, 0.25) is 0 Å². The van der Waals surface area contributed by atoms with Crippen LogP contribution in [-0.2, 0) is 4.74 Å². The second-order valence-corrected chi connectivity index (χ2v) is 6.49. The lowest BCUT2D eigenvalue weighted by Gasteiger charge is -2.29. The fraction of sp³-hybridized carbons (Fsp3) is 0.867. The van der Waals surface area contributed by atoms with Crippen LogP contribution in [-0.4, -0.2) is 34.1 Å². The molecule has 18 heavy (non-hydrogen) atoms. The Morgan fingerprint density at radius 2 is 2.06 bits per heavy atom. The van der Waals surface area contributed by atoms with Crippen molar-refractivity contribution in [2.75, 3.05) is 0 Å². The molecular formula is C15H26O3. The van der Waals surface area contributed by atoms with E-state index in [2.05, 4.69) is 26.8 Å². The zero-order valence-corrected chi connectivity index (χ0v) is 11.9. The lowest BCUT2D eigenvalue weighted by molar-refractivity contribution is 0.0287. The van der Waals surface area contributed by atoms with E-state index in [1.54, 1.807) is 0 Å². The van der Waals surface area contributed by atoms with Crippen LogP contribution in [0, 0.1) is 11.8 Å². The number of ether oxygens (including phenoxy) is 1. The molecule has 0 unspecified atom stereocenters. The van der Waals surface area contributed by atoms with E-state index in [0.717, 1.165) is 18.4 Å². The average Bonchev–Trinajstić information content (AvgIpc) is 2.95. The van der Waals surface area contributed by atoms with Crippen LogP contribution < -0.4 is 0 Å². The van der Waals surface area contributed by atoms with Crippen molar-refractivity contribution in [2.45, 2.75) is 70.9 Å². The summed E-state index contributed by atoms with van der Waals surface area (Å²) in [6.45, 7) is 8.26. The van der Waals surface area contributed by atoms with E-state index >= 15 is 0 Å². The highest BCUT2D eigenvalue weighted by Gasteiger charge is 2.57. The van der Waals surface area contributed by atoms with Crippen LogP contribution >= 0.6 is 0 Å². The van der Waals surface area contributed by atoms with Crippen molar-refractivity contribution in [3.63, 3.8) is 0 Å². The van der Waals surface area contributed by atoms with Gasteiger partial charge in [-0.15, -0.1) is 0 Å². The van der Waals surface area contributed by atoms with Gasteiger partial charge in [0.2, 0.25) is 0 Å². The van der Waals surface area contributed by atoms with Crippen molar-refractivity contribution in [2.24, 2.45) is 11.8 Å². The summed E-state index contributed by atoms with van der Waals surface area (Å²) in [6.07, 6.45) is 3.62. The summed E-state index contributed by atoms with van der Waals surface area (Å²) in [4.78, 5) is 0. The Balaban J connectivity index is 2.20. The zero-order valence-electron chi connectivity index (χ0n) is 11.9. The predicted molar refractivity (Wildman–Crippen MR) is 71.2 cm³/mol. The standard InChI is InChI=1S/C15H26O3/c1-9(2)11-8-12(16)10(3)6-5-7-15(4)14(18-15)13(11)17/h6,9,11-14,16-17H,5,7-8H2,1-4H3/b10-6-/t11-,12-,13+,14-,15-/m0/s1. The van der Waals surface area contributed by atoms with Crippen molar-refractivity contribution in [1.29, 1.82) is 0 Å². The van der Waals surface area contributed by atoms with E-state index in [1.165, 1.54) is 0 Å². The maximum Gasteiger partial charge on any atom is 0.113 e. The molecule has 1 aliphatic carbocycles. The van der Waals surface area contributed by atoms with Gasteiger partial charge in [-0.2, -0.15) is 0 Å². The monoisotopic (exact) mass is 254 g/mol. The van der Waals surface area contributed by atoms with E-state index in [4.69, 9.17) is 4.74 Å². The minimum absolute atomic E-state index is 0.0519. The lowest BCUT2D eigenvalue weighted by Crippen LogP contribution is -2.36. The van der Waals surface area contributed by atoms with Gasteiger partial charge in [0.1, 0.15) is 6.10 Å². The Labute approximate surface area is 110 Å². The highest BCUT2D eigenvalue weighted by molar-refractivity contribution is 5.11. The second-order valence-electron chi connectivity index (χ2n) is 6.49. The molecule has 0 amide bonds. The molecule has 0 aromatic heterocycles. The van der Waals surface area contributed by atoms with Crippen molar-refractivity contribution >= 4 is 0 Å². The number of aliphatic hydroxyl groups is 2. The molecule has 1 aliphatic heterocycles. The Morgan fingerprint density at radius 1 is 1.39 bits per heavy atom. The molecule has 0 radical (unpaired) electrons. The third kappa shape index (κ3) is 2.63. The summed E-state index contributed by atoms with van der Waals surface area (Å²) >= 11 is 0. The number of epoxide rings is 1. The number of hydrogen-bond acceptors (Lipinski definition) is 3. The molecule has 1 fully saturated rings. The van der Waals surface area contributed by atoms with Crippen LogP contribution in [0.4, 0.5) is 0 Å². The van der Waals surface area contributed by atoms with Gasteiger partial charge < -0.3 is 14.9 Å². The van der Waals surface area contributed by atoms with Gasteiger partial charge in [-0.25, -0.2) is 0 Å². The molecule has 3 heteroatoms. The molecule has 0 spiro atoms. The number of hydrogen-bond donors (Lipinski definition) is 2. The molecule has 0 aromatic rings. The molecule has 0 saturated carbocycles. The summed E-state index contributed by atoms with van der Waals surface area (Å²) in [5.74, 6) is 0.434. The predicted octanol–water partition coefficient (Wildman–Crippen LogP) is 2.27. The van der Waals surface area contributed by atoms with E-state index in [9.17, 15) is 10.2 Å². The fourth-order valence-electron chi connectivity index (χ4n) is 3.08. The molecule has 1 heterocycles. The smallest absolute Gasteiger partial charge is 0.113 e. The first-order valence-corrected chi connectivity index (χ1v) is 7.06. The van der Waals surface area contributed by atoms with Gasteiger partial charge in [-0.05, 0) is 50.5 Å². The zero-order chi connectivity index (χ0) is 13.5. The van der Waals surface area contributed by atoms with Gasteiger partial charge in [0.15, 0.2) is 0 Å².